The van der Waals surface area contributed by atoms with Gasteiger partial charge in [-0.1, -0.05) is 6.42 Å². The van der Waals surface area contributed by atoms with Crippen molar-refractivity contribution in [3.63, 3.8) is 0 Å². The van der Waals surface area contributed by atoms with Gasteiger partial charge in [0, 0.05) is 12.4 Å². The zero-order valence-electron chi connectivity index (χ0n) is 7.01. The third-order valence-corrected chi connectivity index (χ3v) is 2.75. The molecule has 1 fully saturated rings. The topological polar surface area (TPSA) is 39.6 Å². The van der Waals surface area contributed by atoms with Crippen LogP contribution in [0.15, 0.2) is 18.5 Å². The van der Waals surface area contributed by atoms with Crippen molar-refractivity contribution in [3.05, 3.63) is 24.0 Å². The predicted octanol–water partition coefficient (Wildman–Crippen LogP) is 2.25. The summed E-state index contributed by atoms with van der Waals surface area (Å²) < 4.78 is 0. The van der Waals surface area contributed by atoms with E-state index in [0.717, 1.165) is 19.3 Å². The van der Waals surface area contributed by atoms with Crippen LogP contribution in [0.5, 0.6) is 0 Å². The normalized spacial score (nSPS) is 19.6. The van der Waals surface area contributed by atoms with Crippen LogP contribution >= 0.6 is 0 Å². The number of hydrogen-bond acceptors (Lipinski definition) is 1. The van der Waals surface area contributed by atoms with Crippen molar-refractivity contribution in [3.8, 4) is 6.07 Å². The van der Waals surface area contributed by atoms with E-state index in [0.29, 0.717) is 0 Å². The van der Waals surface area contributed by atoms with Gasteiger partial charge in [-0.3, -0.25) is 0 Å². The van der Waals surface area contributed by atoms with Gasteiger partial charge in [0.1, 0.15) is 0 Å². The summed E-state index contributed by atoms with van der Waals surface area (Å²) in [5, 5.41) is 8.98. The van der Waals surface area contributed by atoms with E-state index < -0.39 is 0 Å². The quantitative estimate of drug-likeness (QED) is 0.708. The molecule has 1 saturated carbocycles. The largest absolute Gasteiger partial charge is 0.367 e. The van der Waals surface area contributed by atoms with E-state index >= 15 is 0 Å². The molecule has 0 aromatic carbocycles. The third-order valence-electron chi connectivity index (χ3n) is 2.75. The molecule has 1 aliphatic rings. The monoisotopic (exact) mass is 160 g/mol. The standard InChI is InChI=1S/C10H12N2/c11-8-10(3-1-4-10)6-9-2-5-12-7-9/h2,5,7,12H,1,3-4,6H2. The van der Waals surface area contributed by atoms with Crippen LogP contribution in [-0.4, -0.2) is 4.98 Å². The van der Waals surface area contributed by atoms with Gasteiger partial charge in [-0.25, -0.2) is 0 Å². The Labute approximate surface area is 72.2 Å². The number of H-pyrrole nitrogens is 1. The van der Waals surface area contributed by atoms with Crippen LogP contribution in [0.2, 0.25) is 0 Å². The van der Waals surface area contributed by atoms with Crippen molar-refractivity contribution in [2.45, 2.75) is 25.7 Å². The van der Waals surface area contributed by atoms with E-state index in [1.165, 1.54) is 12.0 Å². The Kier molecular flexibility index (Phi) is 1.65. The van der Waals surface area contributed by atoms with Crippen LogP contribution in [0.3, 0.4) is 0 Å². The molecular weight excluding hydrogens is 148 g/mol. The van der Waals surface area contributed by atoms with E-state index in [1.807, 2.05) is 12.4 Å². The predicted molar refractivity (Wildman–Crippen MR) is 46.4 cm³/mol. The lowest BCUT2D eigenvalue weighted by Gasteiger charge is -2.34. The highest BCUT2D eigenvalue weighted by molar-refractivity contribution is 5.17. The maximum atomic E-state index is 8.98. The summed E-state index contributed by atoms with van der Waals surface area (Å²) in [5.41, 5.74) is 1.23. The van der Waals surface area contributed by atoms with Crippen molar-refractivity contribution in [2.24, 2.45) is 5.41 Å². The number of nitriles is 1. The molecule has 0 spiro atoms. The molecular formula is C10H12N2. The van der Waals surface area contributed by atoms with Crippen LogP contribution in [0.1, 0.15) is 24.8 Å². The second-order valence-electron chi connectivity index (χ2n) is 3.64. The van der Waals surface area contributed by atoms with Crippen molar-refractivity contribution in [1.82, 2.24) is 4.98 Å². The summed E-state index contributed by atoms with van der Waals surface area (Å²) in [4.78, 5) is 3.02. The fraction of sp³-hybridized carbons (Fsp3) is 0.500. The Bertz CT molecular complexity index is 288. The van der Waals surface area contributed by atoms with Crippen LogP contribution in [-0.2, 0) is 6.42 Å². The molecule has 2 nitrogen and oxygen atoms in total. The molecule has 2 rings (SSSR count). The highest BCUT2D eigenvalue weighted by atomic mass is 14.6. The van der Waals surface area contributed by atoms with Crippen molar-refractivity contribution in [1.29, 1.82) is 5.26 Å². The number of aromatic amines is 1. The first-order valence-corrected chi connectivity index (χ1v) is 4.38. The average Bonchev–Trinajstić information content (AvgIpc) is 2.49. The molecule has 12 heavy (non-hydrogen) atoms. The first-order chi connectivity index (χ1) is 5.85. The van der Waals surface area contributed by atoms with Gasteiger partial charge in [-0.05, 0) is 30.9 Å². The number of nitrogens with zero attached hydrogens (tertiary/aromatic N) is 1. The van der Waals surface area contributed by atoms with Gasteiger partial charge in [0.15, 0.2) is 0 Å². The van der Waals surface area contributed by atoms with Gasteiger partial charge in [-0.2, -0.15) is 5.26 Å². The van der Waals surface area contributed by atoms with Crippen LogP contribution < -0.4 is 0 Å². The minimum atomic E-state index is -0.0256. The molecule has 1 aliphatic carbocycles. The van der Waals surface area contributed by atoms with Crippen LogP contribution in [0.4, 0.5) is 0 Å². The minimum Gasteiger partial charge on any atom is -0.367 e. The smallest absolute Gasteiger partial charge is 0.0693 e. The van der Waals surface area contributed by atoms with E-state index in [1.54, 1.807) is 0 Å². The molecule has 0 unspecified atom stereocenters. The second-order valence-corrected chi connectivity index (χ2v) is 3.64. The molecule has 2 heteroatoms. The molecule has 1 aromatic heterocycles. The third kappa shape index (κ3) is 1.12. The Morgan fingerprint density at radius 2 is 2.42 bits per heavy atom. The van der Waals surface area contributed by atoms with Gasteiger partial charge in [0.25, 0.3) is 0 Å². The Morgan fingerprint density at radius 1 is 1.58 bits per heavy atom. The van der Waals surface area contributed by atoms with Gasteiger partial charge < -0.3 is 4.98 Å². The first-order valence-electron chi connectivity index (χ1n) is 4.38. The fourth-order valence-corrected chi connectivity index (χ4v) is 1.79. The molecule has 0 atom stereocenters. The molecule has 62 valence electrons. The van der Waals surface area contributed by atoms with E-state index in [4.69, 9.17) is 5.26 Å². The summed E-state index contributed by atoms with van der Waals surface area (Å²) >= 11 is 0. The fourth-order valence-electron chi connectivity index (χ4n) is 1.79. The molecule has 0 saturated heterocycles. The lowest BCUT2D eigenvalue weighted by Crippen LogP contribution is -2.29. The zero-order valence-corrected chi connectivity index (χ0v) is 7.01. The van der Waals surface area contributed by atoms with Gasteiger partial charge in [0.2, 0.25) is 0 Å². The van der Waals surface area contributed by atoms with E-state index in [9.17, 15) is 0 Å². The number of aromatic nitrogens is 1. The van der Waals surface area contributed by atoms with Crippen LogP contribution in [0.25, 0.3) is 0 Å². The molecule has 0 amide bonds. The van der Waals surface area contributed by atoms with Crippen molar-refractivity contribution < 1.29 is 0 Å². The second kappa shape index (κ2) is 2.67. The molecule has 0 radical (unpaired) electrons. The Balaban J connectivity index is 2.08. The van der Waals surface area contributed by atoms with Crippen LogP contribution in [0, 0.1) is 16.7 Å². The molecule has 0 aliphatic heterocycles. The van der Waals surface area contributed by atoms with Gasteiger partial charge in [-0.15, -0.1) is 0 Å². The van der Waals surface area contributed by atoms with Crippen molar-refractivity contribution >= 4 is 0 Å². The zero-order chi connectivity index (χ0) is 8.44. The van der Waals surface area contributed by atoms with E-state index in [-0.39, 0.29) is 5.41 Å². The average molecular weight is 160 g/mol. The Morgan fingerprint density at radius 3 is 2.83 bits per heavy atom. The molecule has 0 bridgehead atoms. The molecule has 1 heterocycles. The summed E-state index contributed by atoms with van der Waals surface area (Å²) in [7, 11) is 0. The van der Waals surface area contributed by atoms with Gasteiger partial charge in [0.05, 0.1) is 11.5 Å². The first kappa shape index (κ1) is 7.42. The highest BCUT2D eigenvalue weighted by Gasteiger charge is 2.37. The number of hydrogen-bond donors (Lipinski definition) is 1. The summed E-state index contributed by atoms with van der Waals surface area (Å²) in [5.74, 6) is 0. The maximum absolute atomic E-state index is 8.98. The van der Waals surface area contributed by atoms with E-state index in [2.05, 4.69) is 17.1 Å². The lowest BCUT2D eigenvalue weighted by atomic mass is 9.67. The minimum absolute atomic E-state index is 0.0256. The van der Waals surface area contributed by atoms with Gasteiger partial charge >= 0.3 is 0 Å². The number of rotatable bonds is 2. The maximum Gasteiger partial charge on any atom is 0.0693 e. The summed E-state index contributed by atoms with van der Waals surface area (Å²) in [6.45, 7) is 0. The summed E-state index contributed by atoms with van der Waals surface area (Å²) in [6.07, 6.45) is 8.20. The molecule has 1 aromatic rings. The SMILES string of the molecule is N#CC1(Cc2cc[nH]c2)CCC1. The Hall–Kier alpha value is -1.23. The van der Waals surface area contributed by atoms with Crippen molar-refractivity contribution in [2.75, 3.05) is 0 Å². The number of nitrogens with one attached hydrogen (secondary N) is 1. The lowest BCUT2D eigenvalue weighted by molar-refractivity contribution is 0.214. The highest BCUT2D eigenvalue weighted by Crippen LogP contribution is 2.42. The molecule has 1 N–H and O–H groups in total. The summed E-state index contributed by atoms with van der Waals surface area (Å²) in [6, 6.07) is 4.49.